The van der Waals surface area contributed by atoms with Gasteiger partial charge in [0.2, 0.25) is 5.96 Å². The highest BCUT2D eigenvalue weighted by atomic mass is 16.2. The Bertz CT molecular complexity index is 840. The van der Waals surface area contributed by atoms with Gasteiger partial charge in [0.1, 0.15) is 5.70 Å². The second-order valence-electron chi connectivity index (χ2n) is 6.65. The zero-order valence-corrected chi connectivity index (χ0v) is 13.9. The Kier molecular flexibility index (Phi) is 3.84. The number of aromatic nitrogens is 1. The number of nitrogens with one attached hydrogen (secondary N) is 2. The highest BCUT2D eigenvalue weighted by Crippen LogP contribution is 2.21. The third-order valence-electron chi connectivity index (χ3n) is 4.84. The zero-order chi connectivity index (χ0) is 16.5. The molecule has 2 fully saturated rings. The third-order valence-corrected chi connectivity index (χ3v) is 4.84. The van der Waals surface area contributed by atoms with Crippen LogP contribution in [0.5, 0.6) is 0 Å². The number of benzene rings is 1. The molecule has 1 aliphatic heterocycles. The lowest BCUT2D eigenvalue weighted by Gasteiger charge is -2.17. The highest BCUT2D eigenvalue weighted by molar-refractivity contribution is 6.15. The van der Waals surface area contributed by atoms with Crippen molar-refractivity contribution in [2.45, 2.75) is 38.1 Å². The van der Waals surface area contributed by atoms with Crippen molar-refractivity contribution in [3.8, 4) is 0 Å². The Morgan fingerprint density at radius 1 is 1.17 bits per heavy atom. The van der Waals surface area contributed by atoms with E-state index >= 15 is 0 Å². The number of carbonyl (C=O) groups excluding carboxylic acids is 1. The van der Waals surface area contributed by atoms with Crippen molar-refractivity contribution in [3.05, 3.63) is 41.7 Å². The zero-order valence-electron chi connectivity index (χ0n) is 13.9. The maximum absolute atomic E-state index is 12.2. The molecule has 24 heavy (non-hydrogen) atoms. The van der Waals surface area contributed by atoms with Crippen LogP contribution in [0.3, 0.4) is 0 Å². The Morgan fingerprint density at radius 2 is 2.00 bits per heavy atom. The van der Waals surface area contributed by atoms with Crippen LogP contribution in [0.1, 0.15) is 37.7 Å². The normalized spacial score (nSPS) is 22.3. The van der Waals surface area contributed by atoms with Gasteiger partial charge in [0.15, 0.2) is 0 Å². The molecule has 5 heteroatoms. The standard InChI is InChI=1S/C19H22N4O/c1-23-10-9-14-11-13(7-8-17(14)23)12-16-18(24)22-19(21-16)20-15-5-3-2-4-6-15/h7-12,15H,2-6H2,1H3,(H2,20,21,22,24)/b16-12-. The van der Waals surface area contributed by atoms with E-state index in [2.05, 4.69) is 38.4 Å². The van der Waals surface area contributed by atoms with E-state index in [-0.39, 0.29) is 5.91 Å². The molecule has 1 amide bonds. The summed E-state index contributed by atoms with van der Waals surface area (Å²) in [6, 6.07) is 8.61. The Balaban J connectivity index is 1.55. The van der Waals surface area contributed by atoms with Gasteiger partial charge in [-0.25, -0.2) is 4.99 Å². The van der Waals surface area contributed by atoms with Crippen LogP contribution in [0, 0.1) is 0 Å². The fourth-order valence-electron chi connectivity index (χ4n) is 3.51. The van der Waals surface area contributed by atoms with Crippen LogP contribution in [-0.4, -0.2) is 22.5 Å². The van der Waals surface area contributed by atoms with E-state index in [1.807, 2.05) is 25.4 Å². The molecule has 124 valence electrons. The van der Waals surface area contributed by atoms with Gasteiger partial charge in [-0.15, -0.1) is 0 Å². The van der Waals surface area contributed by atoms with E-state index in [1.165, 1.54) is 30.2 Å². The molecule has 4 rings (SSSR count). The van der Waals surface area contributed by atoms with Crippen molar-refractivity contribution < 1.29 is 4.79 Å². The number of fused-ring (bicyclic) bond motifs is 1. The lowest BCUT2D eigenvalue weighted by atomic mass is 9.96. The number of hydrogen-bond donors (Lipinski definition) is 2. The largest absolute Gasteiger partial charge is 0.351 e. The van der Waals surface area contributed by atoms with Gasteiger partial charge in [0.25, 0.3) is 5.91 Å². The first-order valence-electron chi connectivity index (χ1n) is 8.62. The molecule has 2 aromatic rings. The second-order valence-corrected chi connectivity index (χ2v) is 6.65. The summed E-state index contributed by atoms with van der Waals surface area (Å²) in [5.74, 6) is 0.483. The Hall–Kier alpha value is -2.56. The van der Waals surface area contributed by atoms with Gasteiger partial charge in [-0.1, -0.05) is 25.3 Å². The van der Waals surface area contributed by atoms with Crippen molar-refractivity contribution in [2.75, 3.05) is 0 Å². The fourth-order valence-corrected chi connectivity index (χ4v) is 3.51. The summed E-state index contributed by atoms with van der Waals surface area (Å²) < 4.78 is 2.09. The van der Waals surface area contributed by atoms with E-state index in [0.717, 1.165) is 18.4 Å². The van der Waals surface area contributed by atoms with E-state index in [1.54, 1.807) is 0 Å². The van der Waals surface area contributed by atoms with Crippen molar-refractivity contribution in [2.24, 2.45) is 12.0 Å². The summed E-state index contributed by atoms with van der Waals surface area (Å²) in [7, 11) is 2.03. The minimum Gasteiger partial charge on any atom is -0.351 e. The van der Waals surface area contributed by atoms with E-state index in [0.29, 0.717) is 17.7 Å². The van der Waals surface area contributed by atoms with Crippen molar-refractivity contribution >= 4 is 28.8 Å². The van der Waals surface area contributed by atoms with Crippen LogP contribution in [0.25, 0.3) is 17.0 Å². The smallest absolute Gasteiger partial charge is 0.274 e. The molecule has 0 atom stereocenters. The summed E-state index contributed by atoms with van der Waals surface area (Å²) >= 11 is 0. The highest BCUT2D eigenvalue weighted by Gasteiger charge is 2.23. The lowest BCUT2D eigenvalue weighted by Crippen LogP contribution is -2.28. The summed E-state index contributed by atoms with van der Waals surface area (Å²) in [5.41, 5.74) is 2.74. The number of aryl methyl sites for hydroxylation is 1. The molecule has 1 aromatic carbocycles. The molecule has 0 bridgehead atoms. The Labute approximate surface area is 141 Å². The lowest BCUT2D eigenvalue weighted by molar-refractivity contribution is -0.115. The number of nitrogens with zero attached hydrogens (tertiary/aromatic N) is 2. The van der Waals surface area contributed by atoms with Crippen LogP contribution in [0.15, 0.2) is 41.2 Å². The van der Waals surface area contributed by atoms with Crippen LogP contribution < -0.4 is 10.6 Å². The van der Waals surface area contributed by atoms with Crippen LogP contribution in [0.4, 0.5) is 0 Å². The molecule has 2 heterocycles. The van der Waals surface area contributed by atoms with Crippen LogP contribution >= 0.6 is 0 Å². The van der Waals surface area contributed by atoms with Gasteiger partial charge < -0.3 is 9.88 Å². The molecule has 0 unspecified atom stereocenters. The minimum atomic E-state index is -0.113. The third kappa shape index (κ3) is 2.94. The average Bonchev–Trinajstić information content (AvgIpc) is 3.11. The molecule has 5 nitrogen and oxygen atoms in total. The number of aliphatic imine (C=N–C) groups is 1. The summed E-state index contributed by atoms with van der Waals surface area (Å²) in [6.07, 6.45) is 9.91. The number of rotatable bonds is 2. The molecule has 2 aliphatic rings. The Morgan fingerprint density at radius 3 is 2.83 bits per heavy atom. The molecule has 1 saturated heterocycles. The van der Waals surface area contributed by atoms with Crippen molar-refractivity contribution in [1.82, 2.24) is 15.2 Å². The average molecular weight is 322 g/mol. The summed E-state index contributed by atoms with van der Waals surface area (Å²) in [5, 5.41) is 7.14. The van der Waals surface area contributed by atoms with E-state index in [9.17, 15) is 4.79 Å². The van der Waals surface area contributed by atoms with Gasteiger partial charge >= 0.3 is 0 Å². The van der Waals surface area contributed by atoms with Crippen molar-refractivity contribution in [3.63, 3.8) is 0 Å². The van der Waals surface area contributed by atoms with Crippen LogP contribution in [0.2, 0.25) is 0 Å². The maximum Gasteiger partial charge on any atom is 0.274 e. The number of guanidine groups is 1. The number of carbonyl (C=O) groups is 1. The number of hydrogen-bond acceptors (Lipinski definition) is 2. The minimum absolute atomic E-state index is 0.113. The van der Waals surface area contributed by atoms with E-state index < -0.39 is 0 Å². The fraction of sp³-hybridized carbons (Fsp3) is 0.368. The molecule has 2 N–H and O–H groups in total. The topological polar surface area (TPSA) is 58.4 Å². The molecular weight excluding hydrogens is 300 g/mol. The SMILES string of the molecule is Cn1ccc2cc(/C=C3\NC(=NC4CCCCC4)NC3=O)ccc21. The molecule has 0 radical (unpaired) electrons. The quantitative estimate of drug-likeness (QED) is 0.835. The van der Waals surface area contributed by atoms with E-state index in [4.69, 9.17) is 0 Å². The molecular formula is C19H22N4O. The first-order chi connectivity index (χ1) is 11.7. The molecule has 1 aliphatic carbocycles. The summed E-state index contributed by atoms with van der Waals surface area (Å²) in [4.78, 5) is 16.8. The molecule has 0 spiro atoms. The van der Waals surface area contributed by atoms with Gasteiger partial charge in [-0.2, -0.15) is 0 Å². The van der Waals surface area contributed by atoms with Gasteiger partial charge in [-0.05, 0) is 42.7 Å². The monoisotopic (exact) mass is 322 g/mol. The van der Waals surface area contributed by atoms with Gasteiger partial charge in [0, 0.05) is 24.1 Å². The maximum atomic E-state index is 12.2. The molecule has 1 saturated carbocycles. The summed E-state index contributed by atoms with van der Waals surface area (Å²) in [6.45, 7) is 0. The predicted molar refractivity (Wildman–Crippen MR) is 96.5 cm³/mol. The number of amides is 1. The van der Waals surface area contributed by atoms with Gasteiger partial charge in [0.05, 0.1) is 6.04 Å². The predicted octanol–water partition coefficient (Wildman–Crippen LogP) is 2.93. The second kappa shape index (κ2) is 6.15. The van der Waals surface area contributed by atoms with Crippen molar-refractivity contribution in [1.29, 1.82) is 0 Å². The van der Waals surface area contributed by atoms with Gasteiger partial charge in [-0.3, -0.25) is 10.1 Å². The first-order valence-corrected chi connectivity index (χ1v) is 8.62. The van der Waals surface area contributed by atoms with Crippen LogP contribution in [-0.2, 0) is 11.8 Å². The molecule has 1 aromatic heterocycles. The first kappa shape index (κ1) is 15.0.